The second-order valence-electron chi connectivity index (χ2n) is 7.37. The van der Waals surface area contributed by atoms with E-state index < -0.39 is 0 Å². The van der Waals surface area contributed by atoms with Gasteiger partial charge in [-0.3, -0.25) is 4.98 Å². The average Bonchev–Trinajstić information content (AvgIpc) is 2.53. The van der Waals surface area contributed by atoms with Crippen LogP contribution in [0, 0.1) is 0 Å². The highest BCUT2D eigenvalue weighted by molar-refractivity contribution is 5.47. The van der Waals surface area contributed by atoms with Gasteiger partial charge in [0.2, 0.25) is 0 Å². The molecule has 1 aromatic heterocycles. The third-order valence-corrected chi connectivity index (χ3v) is 3.96. The van der Waals surface area contributed by atoms with E-state index >= 15 is 0 Å². The van der Waals surface area contributed by atoms with E-state index in [1.807, 2.05) is 0 Å². The molecule has 1 aromatic rings. The van der Waals surface area contributed by atoms with Gasteiger partial charge in [-0.05, 0) is 79.3 Å². The Labute approximate surface area is 154 Å². The molecular weight excluding hydrogens is 312 g/mol. The molecule has 0 atom stereocenters. The lowest BCUT2D eigenvalue weighted by Crippen LogP contribution is -2.23. The smallest absolute Gasteiger partial charge is 0.0566 e. The van der Waals surface area contributed by atoms with Gasteiger partial charge >= 0.3 is 0 Å². The summed E-state index contributed by atoms with van der Waals surface area (Å²) < 4.78 is 0. The highest BCUT2D eigenvalue weighted by atomic mass is 15.1. The maximum absolute atomic E-state index is 4.81. The van der Waals surface area contributed by atoms with Gasteiger partial charge in [-0.2, -0.15) is 0 Å². The van der Waals surface area contributed by atoms with Gasteiger partial charge in [0, 0.05) is 32.9 Å². The number of nitrogens with zero attached hydrogens (tertiary/aromatic N) is 4. The number of nitrogens with one attached hydrogen (secondary N) is 2. The van der Waals surface area contributed by atoms with E-state index in [0.29, 0.717) is 0 Å². The summed E-state index contributed by atoms with van der Waals surface area (Å²) in [6, 6.07) is 4.35. The number of hydrogen-bond donors (Lipinski definition) is 2. The van der Waals surface area contributed by atoms with Gasteiger partial charge in [0.15, 0.2) is 0 Å². The van der Waals surface area contributed by atoms with Crippen LogP contribution >= 0.6 is 0 Å². The molecule has 0 bridgehead atoms. The van der Waals surface area contributed by atoms with Crippen molar-refractivity contribution in [2.24, 2.45) is 0 Å². The van der Waals surface area contributed by atoms with E-state index in [2.05, 4.69) is 79.8 Å². The summed E-state index contributed by atoms with van der Waals surface area (Å²) >= 11 is 0. The first-order valence-electron chi connectivity index (χ1n) is 9.26. The molecule has 0 amide bonds. The van der Waals surface area contributed by atoms with Gasteiger partial charge in [0.1, 0.15) is 0 Å². The molecule has 0 aliphatic heterocycles. The van der Waals surface area contributed by atoms with Crippen molar-refractivity contribution in [2.75, 3.05) is 73.4 Å². The van der Waals surface area contributed by atoms with Crippen LogP contribution in [0.4, 0.5) is 5.69 Å². The number of aromatic nitrogens is 1. The maximum atomic E-state index is 4.81. The lowest BCUT2D eigenvalue weighted by molar-refractivity contribution is 0.393. The van der Waals surface area contributed by atoms with Gasteiger partial charge in [-0.1, -0.05) is 0 Å². The van der Waals surface area contributed by atoms with Crippen molar-refractivity contribution in [3.8, 4) is 0 Å². The molecule has 6 nitrogen and oxygen atoms in total. The maximum Gasteiger partial charge on any atom is 0.0566 e. The van der Waals surface area contributed by atoms with Crippen LogP contribution in [0.1, 0.15) is 24.2 Å². The van der Waals surface area contributed by atoms with Crippen molar-refractivity contribution in [1.82, 2.24) is 25.4 Å². The molecule has 0 saturated heterocycles. The summed E-state index contributed by atoms with van der Waals surface area (Å²) in [7, 11) is 12.6. The summed E-state index contributed by atoms with van der Waals surface area (Å²) in [4.78, 5) is 11.4. The van der Waals surface area contributed by atoms with E-state index in [4.69, 9.17) is 4.98 Å². The molecule has 0 unspecified atom stereocenters. The quantitative estimate of drug-likeness (QED) is 0.522. The van der Waals surface area contributed by atoms with Crippen LogP contribution < -0.4 is 15.5 Å². The van der Waals surface area contributed by atoms with E-state index in [9.17, 15) is 0 Å². The topological polar surface area (TPSA) is 46.7 Å². The fourth-order valence-electron chi connectivity index (χ4n) is 2.54. The molecule has 0 aliphatic carbocycles. The molecule has 2 N–H and O–H groups in total. The van der Waals surface area contributed by atoms with Gasteiger partial charge in [-0.15, -0.1) is 0 Å². The molecule has 1 rings (SSSR count). The van der Waals surface area contributed by atoms with Crippen LogP contribution in [-0.2, 0) is 13.1 Å². The standard InChI is InChI=1S/C19H38N6/c1-23(2)11-7-9-20-15-17-13-19(25(5)6)14-18(22-17)16-21-10-8-12-24(3)4/h13-14,20-21H,7-12,15-16H2,1-6H3. The number of rotatable bonds is 13. The molecule has 0 spiro atoms. The van der Waals surface area contributed by atoms with Gasteiger partial charge in [0.05, 0.1) is 11.4 Å². The minimum atomic E-state index is 0.822. The van der Waals surface area contributed by atoms with Crippen LogP contribution in [0.2, 0.25) is 0 Å². The van der Waals surface area contributed by atoms with E-state index in [-0.39, 0.29) is 0 Å². The molecule has 1 heterocycles. The zero-order chi connectivity index (χ0) is 18.7. The summed E-state index contributed by atoms with van der Waals surface area (Å²) in [5.74, 6) is 0. The number of hydrogen-bond acceptors (Lipinski definition) is 6. The van der Waals surface area contributed by atoms with E-state index in [1.165, 1.54) is 5.69 Å². The number of pyridine rings is 1. The molecule has 6 heteroatoms. The first-order valence-corrected chi connectivity index (χ1v) is 9.26. The molecule has 0 radical (unpaired) electrons. The fraction of sp³-hybridized carbons (Fsp3) is 0.737. The fourth-order valence-corrected chi connectivity index (χ4v) is 2.54. The molecule has 25 heavy (non-hydrogen) atoms. The van der Waals surface area contributed by atoms with Crippen LogP contribution in [0.5, 0.6) is 0 Å². The first-order chi connectivity index (χ1) is 11.9. The Kier molecular flexibility index (Phi) is 10.6. The highest BCUT2D eigenvalue weighted by Gasteiger charge is 2.05. The monoisotopic (exact) mass is 350 g/mol. The summed E-state index contributed by atoms with van der Waals surface area (Å²) in [6.07, 6.45) is 2.31. The van der Waals surface area contributed by atoms with Gasteiger partial charge < -0.3 is 25.3 Å². The predicted molar refractivity (Wildman–Crippen MR) is 108 cm³/mol. The first kappa shape index (κ1) is 21.8. The zero-order valence-electron chi connectivity index (χ0n) is 17.1. The van der Waals surface area contributed by atoms with Gasteiger partial charge in [-0.25, -0.2) is 0 Å². The third-order valence-electron chi connectivity index (χ3n) is 3.96. The largest absolute Gasteiger partial charge is 0.378 e. The Morgan fingerprint density at radius 3 is 1.56 bits per heavy atom. The minimum Gasteiger partial charge on any atom is -0.378 e. The molecule has 0 aromatic carbocycles. The van der Waals surface area contributed by atoms with Crippen molar-refractivity contribution in [1.29, 1.82) is 0 Å². The predicted octanol–water partition coefficient (Wildman–Crippen LogP) is 1.23. The van der Waals surface area contributed by atoms with E-state index in [0.717, 1.165) is 63.5 Å². The Bertz CT molecular complexity index is 437. The van der Waals surface area contributed by atoms with Crippen molar-refractivity contribution in [3.63, 3.8) is 0 Å². The average molecular weight is 351 g/mol. The third kappa shape index (κ3) is 10.4. The lowest BCUT2D eigenvalue weighted by atomic mass is 10.2. The SMILES string of the molecule is CN(C)CCCNCc1cc(N(C)C)cc(CNCCCN(C)C)n1. The van der Waals surface area contributed by atoms with Crippen LogP contribution in [0.25, 0.3) is 0 Å². The van der Waals surface area contributed by atoms with Crippen LogP contribution in [-0.4, -0.2) is 83.2 Å². The summed E-state index contributed by atoms with van der Waals surface area (Å²) in [5.41, 5.74) is 3.44. The Balaban J connectivity index is 2.49. The van der Waals surface area contributed by atoms with Gasteiger partial charge in [0.25, 0.3) is 0 Å². The van der Waals surface area contributed by atoms with Crippen molar-refractivity contribution < 1.29 is 0 Å². The van der Waals surface area contributed by atoms with Crippen LogP contribution in [0.15, 0.2) is 12.1 Å². The second-order valence-corrected chi connectivity index (χ2v) is 7.37. The van der Waals surface area contributed by atoms with E-state index in [1.54, 1.807) is 0 Å². The van der Waals surface area contributed by atoms with Crippen molar-refractivity contribution >= 4 is 5.69 Å². The Hall–Kier alpha value is -1.21. The van der Waals surface area contributed by atoms with Crippen LogP contribution in [0.3, 0.4) is 0 Å². The zero-order valence-corrected chi connectivity index (χ0v) is 17.1. The molecule has 0 saturated carbocycles. The van der Waals surface area contributed by atoms with Crippen molar-refractivity contribution in [3.05, 3.63) is 23.5 Å². The minimum absolute atomic E-state index is 0.822. The number of anilines is 1. The Morgan fingerprint density at radius 1 is 0.760 bits per heavy atom. The molecular formula is C19H38N6. The lowest BCUT2D eigenvalue weighted by Gasteiger charge is -2.16. The molecule has 144 valence electrons. The summed E-state index contributed by atoms with van der Waals surface area (Å²) in [6.45, 7) is 5.90. The molecule has 0 fully saturated rings. The second kappa shape index (κ2) is 12.2. The molecule has 0 aliphatic rings. The summed E-state index contributed by atoms with van der Waals surface area (Å²) in [5, 5.41) is 7.01. The highest BCUT2D eigenvalue weighted by Crippen LogP contribution is 2.14. The van der Waals surface area contributed by atoms with Crippen molar-refractivity contribution in [2.45, 2.75) is 25.9 Å². The normalized spacial score (nSPS) is 11.5. The Morgan fingerprint density at radius 2 is 1.20 bits per heavy atom.